The van der Waals surface area contributed by atoms with Gasteiger partial charge in [0.15, 0.2) is 0 Å². The van der Waals surface area contributed by atoms with E-state index in [2.05, 4.69) is 4.98 Å². The lowest BCUT2D eigenvalue weighted by molar-refractivity contribution is -0.385. The highest BCUT2D eigenvalue weighted by atomic mass is 16.6. The zero-order valence-corrected chi connectivity index (χ0v) is 11.5. The van der Waals surface area contributed by atoms with Gasteiger partial charge in [0.25, 0.3) is 5.69 Å². The Morgan fingerprint density at radius 2 is 2.24 bits per heavy atom. The van der Waals surface area contributed by atoms with Crippen molar-refractivity contribution in [2.24, 2.45) is 0 Å². The molecule has 21 heavy (non-hydrogen) atoms. The predicted molar refractivity (Wildman–Crippen MR) is 75.4 cm³/mol. The first-order valence-electron chi connectivity index (χ1n) is 6.54. The number of nitro groups is 1. The predicted octanol–water partition coefficient (Wildman–Crippen LogP) is 2.49. The molecule has 0 fully saturated rings. The van der Waals surface area contributed by atoms with Gasteiger partial charge in [-0.05, 0) is 12.0 Å². The SMILES string of the molecule is CCCc1nccn1Cc1cccc([N+](=O)[O-])c1C(=O)O. The molecule has 1 N–H and O–H groups in total. The van der Waals surface area contributed by atoms with Crippen LogP contribution in [0.15, 0.2) is 30.6 Å². The van der Waals surface area contributed by atoms with Crippen LogP contribution in [-0.4, -0.2) is 25.6 Å². The Balaban J connectivity index is 2.44. The van der Waals surface area contributed by atoms with Gasteiger partial charge in [-0.3, -0.25) is 10.1 Å². The molecule has 0 saturated heterocycles. The van der Waals surface area contributed by atoms with Gasteiger partial charge in [0.1, 0.15) is 11.4 Å². The van der Waals surface area contributed by atoms with Gasteiger partial charge in [0.05, 0.1) is 4.92 Å². The molecule has 0 aliphatic carbocycles. The number of hydrogen-bond acceptors (Lipinski definition) is 4. The third-order valence-corrected chi connectivity index (χ3v) is 3.16. The molecule has 0 spiro atoms. The van der Waals surface area contributed by atoms with E-state index < -0.39 is 16.6 Å². The molecule has 7 nitrogen and oxygen atoms in total. The largest absolute Gasteiger partial charge is 0.477 e. The maximum absolute atomic E-state index is 11.4. The second-order valence-electron chi connectivity index (χ2n) is 4.59. The molecule has 0 radical (unpaired) electrons. The molecule has 0 unspecified atom stereocenters. The molecule has 1 aromatic carbocycles. The lowest BCUT2D eigenvalue weighted by atomic mass is 10.1. The molecule has 1 heterocycles. The fourth-order valence-corrected chi connectivity index (χ4v) is 2.24. The monoisotopic (exact) mass is 289 g/mol. The number of nitro benzene ring substituents is 1. The minimum absolute atomic E-state index is 0.249. The molecule has 2 rings (SSSR count). The van der Waals surface area contributed by atoms with Crippen LogP contribution in [0, 0.1) is 10.1 Å². The number of aryl methyl sites for hydroxylation is 1. The van der Waals surface area contributed by atoms with Crippen LogP contribution >= 0.6 is 0 Å². The number of imidazole rings is 1. The van der Waals surface area contributed by atoms with E-state index in [1.54, 1.807) is 18.5 Å². The van der Waals surface area contributed by atoms with Crippen molar-refractivity contribution in [2.75, 3.05) is 0 Å². The van der Waals surface area contributed by atoms with Crippen LogP contribution in [0.25, 0.3) is 0 Å². The highest BCUT2D eigenvalue weighted by Crippen LogP contribution is 2.23. The van der Waals surface area contributed by atoms with E-state index in [1.165, 1.54) is 12.1 Å². The van der Waals surface area contributed by atoms with Gasteiger partial charge in [-0.25, -0.2) is 9.78 Å². The van der Waals surface area contributed by atoms with Crippen LogP contribution in [-0.2, 0) is 13.0 Å². The van der Waals surface area contributed by atoms with Gasteiger partial charge in [0.2, 0.25) is 0 Å². The van der Waals surface area contributed by atoms with Crippen molar-refractivity contribution >= 4 is 11.7 Å². The number of nitrogens with zero attached hydrogens (tertiary/aromatic N) is 3. The van der Waals surface area contributed by atoms with Crippen molar-refractivity contribution in [1.82, 2.24) is 9.55 Å². The number of carboxylic acids is 1. The summed E-state index contributed by atoms with van der Waals surface area (Å²) in [6.07, 6.45) is 5.07. The minimum Gasteiger partial charge on any atom is -0.477 e. The molecular formula is C14H15N3O4. The molecule has 0 atom stereocenters. The van der Waals surface area contributed by atoms with E-state index in [-0.39, 0.29) is 12.1 Å². The second-order valence-corrected chi connectivity index (χ2v) is 4.59. The zero-order valence-electron chi connectivity index (χ0n) is 11.5. The Morgan fingerprint density at radius 3 is 2.86 bits per heavy atom. The third kappa shape index (κ3) is 3.07. The Kier molecular flexibility index (Phi) is 4.32. The first-order valence-corrected chi connectivity index (χ1v) is 6.54. The Bertz CT molecular complexity index is 679. The molecule has 0 bridgehead atoms. The molecule has 0 saturated carbocycles. The number of carbonyl (C=O) groups is 1. The average Bonchev–Trinajstić information content (AvgIpc) is 2.86. The molecule has 110 valence electrons. The molecule has 7 heteroatoms. The summed E-state index contributed by atoms with van der Waals surface area (Å²) in [6.45, 7) is 2.27. The Morgan fingerprint density at radius 1 is 1.48 bits per heavy atom. The van der Waals surface area contributed by atoms with Crippen molar-refractivity contribution < 1.29 is 14.8 Å². The standard InChI is InChI=1S/C14H15N3O4/c1-2-4-12-15-7-8-16(12)9-10-5-3-6-11(17(20)21)13(10)14(18)19/h3,5-8H,2,4,9H2,1H3,(H,18,19). The number of benzene rings is 1. The van der Waals surface area contributed by atoms with E-state index in [0.29, 0.717) is 5.56 Å². The van der Waals surface area contributed by atoms with Crippen LogP contribution in [0.1, 0.15) is 35.1 Å². The molecule has 0 aliphatic heterocycles. The molecule has 0 aliphatic rings. The average molecular weight is 289 g/mol. The van der Waals surface area contributed by atoms with E-state index in [1.807, 2.05) is 11.5 Å². The summed E-state index contributed by atoms with van der Waals surface area (Å²) < 4.78 is 1.81. The molecule has 0 amide bonds. The Labute approximate surface area is 121 Å². The number of carboxylic acid groups (broad SMARTS) is 1. The molecule has 2 aromatic rings. The van der Waals surface area contributed by atoms with Crippen LogP contribution < -0.4 is 0 Å². The van der Waals surface area contributed by atoms with Gasteiger partial charge in [-0.15, -0.1) is 0 Å². The third-order valence-electron chi connectivity index (χ3n) is 3.16. The van der Waals surface area contributed by atoms with Crippen molar-refractivity contribution in [3.63, 3.8) is 0 Å². The summed E-state index contributed by atoms with van der Waals surface area (Å²) in [5.74, 6) is -0.463. The quantitative estimate of drug-likeness (QED) is 0.650. The summed E-state index contributed by atoms with van der Waals surface area (Å²) in [5.41, 5.74) is -0.261. The van der Waals surface area contributed by atoms with E-state index in [4.69, 9.17) is 0 Å². The van der Waals surface area contributed by atoms with Crippen molar-refractivity contribution in [3.8, 4) is 0 Å². The number of aromatic nitrogens is 2. The van der Waals surface area contributed by atoms with E-state index in [9.17, 15) is 20.0 Å². The fourth-order valence-electron chi connectivity index (χ4n) is 2.24. The zero-order chi connectivity index (χ0) is 15.4. The lowest BCUT2D eigenvalue weighted by Crippen LogP contribution is -2.11. The number of hydrogen-bond donors (Lipinski definition) is 1. The minimum atomic E-state index is -1.30. The molecule has 1 aromatic heterocycles. The van der Waals surface area contributed by atoms with Gasteiger partial charge in [-0.1, -0.05) is 19.1 Å². The summed E-state index contributed by atoms with van der Waals surface area (Å²) in [6, 6.07) is 4.29. The highest BCUT2D eigenvalue weighted by molar-refractivity contribution is 5.94. The smallest absolute Gasteiger partial charge is 0.343 e. The van der Waals surface area contributed by atoms with Gasteiger partial charge < -0.3 is 9.67 Å². The summed E-state index contributed by atoms with van der Waals surface area (Å²) in [4.78, 5) is 25.9. The fraction of sp³-hybridized carbons (Fsp3) is 0.286. The van der Waals surface area contributed by atoms with E-state index in [0.717, 1.165) is 18.7 Å². The second kappa shape index (κ2) is 6.17. The van der Waals surface area contributed by atoms with Crippen LogP contribution in [0.5, 0.6) is 0 Å². The maximum Gasteiger partial charge on any atom is 0.343 e. The molecular weight excluding hydrogens is 274 g/mol. The summed E-state index contributed by atoms with van der Waals surface area (Å²) in [5, 5.41) is 20.2. The Hall–Kier alpha value is -2.70. The highest BCUT2D eigenvalue weighted by Gasteiger charge is 2.23. The normalized spacial score (nSPS) is 10.5. The van der Waals surface area contributed by atoms with Crippen molar-refractivity contribution in [1.29, 1.82) is 0 Å². The maximum atomic E-state index is 11.4. The van der Waals surface area contributed by atoms with E-state index >= 15 is 0 Å². The topological polar surface area (TPSA) is 98.3 Å². The van der Waals surface area contributed by atoms with Gasteiger partial charge in [0, 0.05) is 31.4 Å². The number of rotatable bonds is 6. The number of aromatic carboxylic acids is 1. The van der Waals surface area contributed by atoms with Gasteiger partial charge >= 0.3 is 5.97 Å². The summed E-state index contributed by atoms with van der Waals surface area (Å²) >= 11 is 0. The van der Waals surface area contributed by atoms with Gasteiger partial charge in [-0.2, -0.15) is 0 Å². The van der Waals surface area contributed by atoms with Crippen LogP contribution in [0.4, 0.5) is 5.69 Å². The first-order chi connectivity index (χ1) is 10.0. The summed E-state index contributed by atoms with van der Waals surface area (Å²) in [7, 11) is 0. The van der Waals surface area contributed by atoms with Crippen LogP contribution in [0.2, 0.25) is 0 Å². The first kappa shape index (κ1) is 14.7. The lowest BCUT2D eigenvalue weighted by Gasteiger charge is -2.10. The van der Waals surface area contributed by atoms with Crippen LogP contribution in [0.3, 0.4) is 0 Å². The van der Waals surface area contributed by atoms with Crippen molar-refractivity contribution in [3.05, 3.63) is 57.7 Å². The van der Waals surface area contributed by atoms with Crippen molar-refractivity contribution in [2.45, 2.75) is 26.3 Å².